The lowest BCUT2D eigenvalue weighted by molar-refractivity contribution is 0.0514. The number of carbonyl (C=O) groups excluding carboxylic acids is 1. The smallest absolute Gasteiger partial charge is 0.362 e. The van der Waals surface area contributed by atoms with E-state index in [4.69, 9.17) is 21.1 Å². The number of fused-ring (bicyclic) bond motifs is 1. The van der Waals surface area contributed by atoms with E-state index in [1.807, 2.05) is 36.4 Å². The van der Waals surface area contributed by atoms with Crippen LogP contribution in [0.5, 0.6) is 5.88 Å². The molecule has 0 bridgehead atoms. The van der Waals surface area contributed by atoms with Crippen LogP contribution >= 0.6 is 11.6 Å². The normalized spacial score (nSPS) is 10.7. The fourth-order valence-electron chi connectivity index (χ4n) is 2.16. The Labute approximate surface area is 137 Å². The van der Waals surface area contributed by atoms with E-state index >= 15 is 0 Å². The molecular formula is C16H14ClN3O3. The average molecular weight is 332 g/mol. The average Bonchev–Trinajstić information content (AvgIpc) is 3.01. The molecule has 0 unspecified atom stereocenters. The fraction of sp³-hybridized carbons (Fsp3) is 0.188. The van der Waals surface area contributed by atoms with Gasteiger partial charge in [-0.1, -0.05) is 40.1 Å². The van der Waals surface area contributed by atoms with E-state index in [0.29, 0.717) is 5.02 Å². The zero-order chi connectivity index (χ0) is 16.2. The number of nitrogens with one attached hydrogen (secondary N) is 1. The molecule has 0 aliphatic rings. The van der Waals surface area contributed by atoms with Gasteiger partial charge in [0.1, 0.15) is 6.61 Å². The summed E-state index contributed by atoms with van der Waals surface area (Å²) < 4.78 is 10.5. The molecule has 0 saturated carbocycles. The SMILES string of the molecule is CCOC(=O)c1[nH]nnc1OCc1ccc2cc(Cl)ccc2c1. The van der Waals surface area contributed by atoms with Crippen molar-refractivity contribution in [3.05, 3.63) is 52.7 Å². The summed E-state index contributed by atoms with van der Waals surface area (Å²) in [5.41, 5.74) is 1.05. The van der Waals surface area contributed by atoms with Crippen LogP contribution in [-0.2, 0) is 11.3 Å². The minimum absolute atomic E-state index is 0.111. The van der Waals surface area contributed by atoms with Crippen molar-refractivity contribution in [1.29, 1.82) is 0 Å². The van der Waals surface area contributed by atoms with Gasteiger partial charge in [-0.2, -0.15) is 0 Å². The molecule has 118 valence electrons. The second kappa shape index (κ2) is 6.66. The van der Waals surface area contributed by atoms with Gasteiger partial charge < -0.3 is 9.47 Å². The number of rotatable bonds is 5. The molecule has 1 aromatic heterocycles. The van der Waals surface area contributed by atoms with Gasteiger partial charge in [-0.15, -0.1) is 0 Å². The van der Waals surface area contributed by atoms with Crippen LogP contribution < -0.4 is 4.74 Å². The Morgan fingerprint density at radius 2 is 2.00 bits per heavy atom. The van der Waals surface area contributed by atoms with E-state index in [-0.39, 0.29) is 24.8 Å². The van der Waals surface area contributed by atoms with Crippen molar-refractivity contribution in [2.75, 3.05) is 6.61 Å². The third kappa shape index (κ3) is 3.43. The maximum Gasteiger partial charge on any atom is 0.362 e. The highest BCUT2D eigenvalue weighted by Gasteiger charge is 2.18. The Kier molecular flexibility index (Phi) is 4.43. The molecule has 7 heteroatoms. The van der Waals surface area contributed by atoms with Crippen LogP contribution in [0.25, 0.3) is 10.8 Å². The highest BCUT2D eigenvalue weighted by atomic mass is 35.5. The molecule has 3 aromatic rings. The first-order valence-corrected chi connectivity index (χ1v) is 7.44. The molecule has 0 atom stereocenters. The van der Waals surface area contributed by atoms with E-state index < -0.39 is 5.97 Å². The fourth-order valence-corrected chi connectivity index (χ4v) is 2.34. The van der Waals surface area contributed by atoms with Crippen molar-refractivity contribution >= 4 is 28.3 Å². The lowest BCUT2D eigenvalue weighted by Crippen LogP contribution is -2.08. The van der Waals surface area contributed by atoms with Crippen LogP contribution in [0.3, 0.4) is 0 Å². The Balaban J connectivity index is 1.75. The standard InChI is InChI=1S/C16H14ClN3O3/c1-2-22-16(21)14-15(19-20-18-14)23-9-10-3-4-12-8-13(17)6-5-11(12)7-10/h3-8H,2,9H2,1H3,(H,18,19,20). The number of H-pyrrole nitrogens is 1. The summed E-state index contributed by atoms with van der Waals surface area (Å²) in [6.45, 7) is 2.26. The second-order valence-electron chi connectivity index (χ2n) is 4.83. The summed E-state index contributed by atoms with van der Waals surface area (Å²) in [5, 5.41) is 12.6. The largest absolute Gasteiger partial charge is 0.470 e. The van der Waals surface area contributed by atoms with Crippen molar-refractivity contribution in [3.63, 3.8) is 0 Å². The number of nitrogens with zero attached hydrogens (tertiary/aromatic N) is 2. The maximum atomic E-state index is 11.7. The van der Waals surface area contributed by atoms with Crippen LogP contribution in [0.15, 0.2) is 36.4 Å². The zero-order valence-corrected chi connectivity index (χ0v) is 13.1. The van der Waals surface area contributed by atoms with Gasteiger partial charge in [0, 0.05) is 5.02 Å². The minimum Gasteiger partial charge on any atom is -0.470 e. The molecule has 0 spiro atoms. The Morgan fingerprint density at radius 3 is 2.83 bits per heavy atom. The molecule has 6 nitrogen and oxygen atoms in total. The maximum absolute atomic E-state index is 11.7. The molecular weight excluding hydrogens is 318 g/mol. The molecule has 0 radical (unpaired) electrons. The molecule has 0 amide bonds. The monoisotopic (exact) mass is 331 g/mol. The van der Waals surface area contributed by atoms with Gasteiger partial charge in [0.25, 0.3) is 5.88 Å². The lowest BCUT2D eigenvalue weighted by atomic mass is 10.1. The highest BCUT2D eigenvalue weighted by molar-refractivity contribution is 6.31. The third-order valence-corrected chi connectivity index (χ3v) is 3.47. The number of hydrogen-bond donors (Lipinski definition) is 1. The van der Waals surface area contributed by atoms with Crippen molar-refractivity contribution in [2.24, 2.45) is 0 Å². The summed E-state index contributed by atoms with van der Waals surface area (Å²) in [6, 6.07) is 11.6. The molecule has 23 heavy (non-hydrogen) atoms. The first kappa shape index (κ1) is 15.3. The number of ether oxygens (including phenoxy) is 2. The molecule has 0 aliphatic heterocycles. The number of aromatic amines is 1. The number of esters is 1. The number of benzene rings is 2. The first-order valence-electron chi connectivity index (χ1n) is 7.06. The molecule has 0 aliphatic carbocycles. The van der Waals surface area contributed by atoms with E-state index in [2.05, 4.69) is 15.4 Å². The van der Waals surface area contributed by atoms with Crippen LogP contribution in [0, 0.1) is 0 Å². The first-order chi connectivity index (χ1) is 11.2. The van der Waals surface area contributed by atoms with Crippen molar-refractivity contribution in [3.8, 4) is 5.88 Å². The Bertz CT molecular complexity index is 847. The molecule has 0 fully saturated rings. The predicted molar refractivity (Wildman–Crippen MR) is 85.6 cm³/mol. The lowest BCUT2D eigenvalue weighted by Gasteiger charge is -2.06. The van der Waals surface area contributed by atoms with Gasteiger partial charge >= 0.3 is 5.97 Å². The minimum atomic E-state index is -0.541. The Morgan fingerprint density at radius 1 is 1.22 bits per heavy atom. The van der Waals surface area contributed by atoms with Crippen LogP contribution in [0.1, 0.15) is 23.0 Å². The summed E-state index contributed by atoms with van der Waals surface area (Å²) in [7, 11) is 0. The summed E-state index contributed by atoms with van der Waals surface area (Å²) in [5.74, 6) is -0.416. The van der Waals surface area contributed by atoms with E-state index in [9.17, 15) is 4.79 Å². The van der Waals surface area contributed by atoms with Gasteiger partial charge in [-0.25, -0.2) is 9.89 Å². The van der Waals surface area contributed by atoms with Crippen LogP contribution in [0.2, 0.25) is 5.02 Å². The van der Waals surface area contributed by atoms with Crippen molar-refractivity contribution in [1.82, 2.24) is 15.4 Å². The van der Waals surface area contributed by atoms with Gasteiger partial charge in [-0.05, 0) is 41.5 Å². The summed E-state index contributed by atoms with van der Waals surface area (Å²) >= 11 is 5.97. The van der Waals surface area contributed by atoms with Crippen LogP contribution in [-0.4, -0.2) is 28.0 Å². The molecule has 2 aromatic carbocycles. The topological polar surface area (TPSA) is 77.1 Å². The van der Waals surface area contributed by atoms with E-state index in [1.165, 1.54) is 0 Å². The van der Waals surface area contributed by atoms with Crippen molar-refractivity contribution < 1.29 is 14.3 Å². The van der Waals surface area contributed by atoms with Gasteiger partial charge in [0.2, 0.25) is 5.69 Å². The molecule has 1 N–H and O–H groups in total. The number of carbonyl (C=O) groups is 1. The van der Waals surface area contributed by atoms with Gasteiger partial charge in [-0.3, -0.25) is 0 Å². The van der Waals surface area contributed by atoms with E-state index in [0.717, 1.165) is 16.3 Å². The summed E-state index contributed by atoms with van der Waals surface area (Å²) in [6.07, 6.45) is 0. The van der Waals surface area contributed by atoms with Gasteiger partial charge in [0.15, 0.2) is 0 Å². The second-order valence-corrected chi connectivity index (χ2v) is 5.26. The molecule has 3 rings (SSSR count). The predicted octanol–water partition coefficient (Wildman–Crippen LogP) is 3.37. The molecule has 1 heterocycles. The number of aromatic nitrogens is 3. The van der Waals surface area contributed by atoms with Crippen LogP contribution in [0.4, 0.5) is 0 Å². The number of halogens is 1. The van der Waals surface area contributed by atoms with E-state index in [1.54, 1.807) is 6.92 Å². The van der Waals surface area contributed by atoms with Gasteiger partial charge in [0.05, 0.1) is 6.61 Å². The molecule has 0 saturated heterocycles. The summed E-state index contributed by atoms with van der Waals surface area (Å²) in [4.78, 5) is 11.7. The van der Waals surface area contributed by atoms with Crippen molar-refractivity contribution in [2.45, 2.75) is 13.5 Å². The Hall–Kier alpha value is -2.60. The highest BCUT2D eigenvalue weighted by Crippen LogP contribution is 2.21. The quantitative estimate of drug-likeness (QED) is 0.725. The number of hydrogen-bond acceptors (Lipinski definition) is 5. The third-order valence-electron chi connectivity index (χ3n) is 3.24. The zero-order valence-electron chi connectivity index (χ0n) is 12.4.